The lowest BCUT2D eigenvalue weighted by atomic mass is 10.1. The fraction of sp³-hybridized carbons (Fsp3) is 0.429. The van der Waals surface area contributed by atoms with Crippen molar-refractivity contribution in [2.75, 3.05) is 19.6 Å². The molecule has 5 nitrogen and oxygen atoms in total. The van der Waals surface area contributed by atoms with Crippen molar-refractivity contribution in [3.8, 4) is 0 Å². The molecule has 1 aromatic carbocycles. The number of amidine groups is 1. The molecule has 102 valence electrons. The Labute approximate surface area is 113 Å². The molecule has 1 saturated heterocycles. The number of carbonyl (C=O) groups is 1. The van der Waals surface area contributed by atoms with Crippen LogP contribution in [0.3, 0.4) is 0 Å². The van der Waals surface area contributed by atoms with Crippen LogP contribution >= 0.6 is 0 Å². The lowest BCUT2D eigenvalue weighted by Gasteiger charge is -2.25. The van der Waals surface area contributed by atoms with E-state index >= 15 is 0 Å². The number of piperidine rings is 1. The maximum Gasteiger partial charge on any atom is 0.365 e. The Bertz CT molecular complexity index is 439. The summed E-state index contributed by atoms with van der Waals surface area (Å²) in [6.45, 7) is 2.62. The normalized spacial score (nSPS) is 17.2. The van der Waals surface area contributed by atoms with Crippen molar-refractivity contribution >= 4 is 11.8 Å². The fourth-order valence-electron chi connectivity index (χ4n) is 2.10. The van der Waals surface area contributed by atoms with E-state index in [-0.39, 0.29) is 0 Å². The van der Waals surface area contributed by atoms with Gasteiger partial charge < -0.3 is 10.6 Å². The van der Waals surface area contributed by atoms with Gasteiger partial charge in [0.05, 0.1) is 12.1 Å². The summed E-state index contributed by atoms with van der Waals surface area (Å²) in [4.78, 5) is 18.7. The van der Waals surface area contributed by atoms with Crippen LogP contribution in [0.15, 0.2) is 35.5 Å². The first-order chi connectivity index (χ1) is 9.25. The number of oxime groups is 1. The van der Waals surface area contributed by atoms with E-state index in [1.165, 1.54) is 19.3 Å². The van der Waals surface area contributed by atoms with Gasteiger partial charge in [0.2, 0.25) is 0 Å². The lowest BCUT2D eigenvalue weighted by Crippen LogP contribution is -2.37. The van der Waals surface area contributed by atoms with E-state index < -0.39 is 5.97 Å². The van der Waals surface area contributed by atoms with Gasteiger partial charge in [-0.05, 0) is 38.1 Å². The minimum atomic E-state index is -0.484. The topological polar surface area (TPSA) is 67.9 Å². The number of likely N-dealkylation sites (tertiary alicyclic amines) is 1. The molecule has 0 radical (unpaired) electrons. The number of rotatable bonds is 4. The molecule has 1 aliphatic heterocycles. The Morgan fingerprint density at radius 2 is 1.89 bits per heavy atom. The monoisotopic (exact) mass is 261 g/mol. The maximum atomic E-state index is 11.6. The molecule has 2 rings (SSSR count). The highest BCUT2D eigenvalue weighted by atomic mass is 16.7. The first-order valence-electron chi connectivity index (χ1n) is 6.57. The minimum Gasteiger partial charge on any atom is -0.383 e. The molecular formula is C14H19N3O2. The average molecular weight is 261 g/mol. The van der Waals surface area contributed by atoms with Gasteiger partial charge in [-0.1, -0.05) is 29.8 Å². The van der Waals surface area contributed by atoms with E-state index in [0.717, 1.165) is 13.1 Å². The van der Waals surface area contributed by atoms with Gasteiger partial charge in [0.15, 0.2) is 5.84 Å². The second-order valence-corrected chi connectivity index (χ2v) is 4.66. The van der Waals surface area contributed by atoms with Crippen LogP contribution in [0.4, 0.5) is 0 Å². The van der Waals surface area contributed by atoms with Crippen molar-refractivity contribution in [2.24, 2.45) is 10.9 Å². The Balaban J connectivity index is 1.82. The zero-order valence-electron chi connectivity index (χ0n) is 10.9. The number of carbonyl (C=O) groups excluding carboxylic acids is 1. The summed E-state index contributed by atoms with van der Waals surface area (Å²) >= 11 is 0. The first kappa shape index (κ1) is 13.5. The summed E-state index contributed by atoms with van der Waals surface area (Å²) in [5.41, 5.74) is 6.23. The molecule has 19 heavy (non-hydrogen) atoms. The van der Waals surface area contributed by atoms with E-state index in [2.05, 4.69) is 10.1 Å². The SMILES string of the molecule is N/C(CN1CCCCC1)=N\OC(=O)c1ccccc1. The van der Waals surface area contributed by atoms with Crippen LogP contribution in [-0.4, -0.2) is 36.3 Å². The number of nitrogens with zero attached hydrogens (tertiary/aromatic N) is 2. The van der Waals surface area contributed by atoms with Crippen molar-refractivity contribution in [3.63, 3.8) is 0 Å². The third-order valence-corrected chi connectivity index (χ3v) is 3.09. The predicted octanol–water partition coefficient (Wildman–Crippen LogP) is 1.60. The Morgan fingerprint density at radius 3 is 2.58 bits per heavy atom. The van der Waals surface area contributed by atoms with Gasteiger partial charge in [0.1, 0.15) is 0 Å². The predicted molar refractivity (Wildman–Crippen MR) is 73.8 cm³/mol. The zero-order valence-corrected chi connectivity index (χ0v) is 10.9. The first-order valence-corrected chi connectivity index (χ1v) is 6.57. The summed E-state index contributed by atoms with van der Waals surface area (Å²) in [7, 11) is 0. The molecule has 1 aliphatic rings. The van der Waals surface area contributed by atoms with Crippen LogP contribution in [-0.2, 0) is 4.84 Å². The molecule has 5 heteroatoms. The highest BCUT2D eigenvalue weighted by Gasteiger charge is 2.12. The molecule has 1 fully saturated rings. The van der Waals surface area contributed by atoms with Gasteiger partial charge in [-0.2, -0.15) is 0 Å². The van der Waals surface area contributed by atoms with Crippen molar-refractivity contribution in [1.29, 1.82) is 0 Å². The Kier molecular flexibility index (Phi) is 4.92. The second kappa shape index (κ2) is 6.89. The van der Waals surface area contributed by atoms with Crippen molar-refractivity contribution in [3.05, 3.63) is 35.9 Å². The van der Waals surface area contributed by atoms with E-state index in [1.807, 2.05) is 6.07 Å². The van der Waals surface area contributed by atoms with Crippen molar-refractivity contribution < 1.29 is 9.63 Å². The second-order valence-electron chi connectivity index (χ2n) is 4.66. The van der Waals surface area contributed by atoms with E-state index in [9.17, 15) is 4.79 Å². The zero-order chi connectivity index (χ0) is 13.5. The van der Waals surface area contributed by atoms with Crippen molar-refractivity contribution in [2.45, 2.75) is 19.3 Å². The van der Waals surface area contributed by atoms with Gasteiger partial charge >= 0.3 is 5.97 Å². The van der Waals surface area contributed by atoms with Gasteiger partial charge in [0.25, 0.3) is 0 Å². The third-order valence-electron chi connectivity index (χ3n) is 3.09. The van der Waals surface area contributed by atoms with E-state index in [1.54, 1.807) is 24.3 Å². The molecule has 0 bridgehead atoms. The Morgan fingerprint density at radius 1 is 1.21 bits per heavy atom. The fourth-order valence-corrected chi connectivity index (χ4v) is 2.10. The summed E-state index contributed by atoms with van der Waals surface area (Å²) in [6.07, 6.45) is 3.66. The van der Waals surface area contributed by atoms with E-state index in [4.69, 9.17) is 10.6 Å². The molecule has 1 heterocycles. The largest absolute Gasteiger partial charge is 0.383 e. The van der Waals surface area contributed by atoms with Crippen LogP contribution in [0.5, 0.6) is 0 Å². The van der Waals surface area contributed by atoms with Gasteiger partial charge in [-0.25, -0.2) is 4.79 Å². The van der Waals surface area contributed by atoms with Crippen molar-refractivity contribution in [1.82, 2.24) is 4.90 Å². The molecule has 1 aromatic rings. The molecule has 0 saturated carbocycles. The van der Waals surface area contributed by atoms with Crippen LogP contribution in [0.1, 0.15) is 29.6 Å². The van der Waals surface area contributed by atoms with Gasteiger partial charge in [-0.15, -0.1) is 0 Å². The standard InChI is InChI=1S/C14H19N3O2/c15-13(11-17-9-5-2-6-10-17)16-19-14(18)12-7-3-1-4-8-12/h1,3-4,7-8H,2,5-6,9-11H2,(H2,15,16). The molecule has 0 spiro atoms. The Hall–Kier alpha value is -1.88. The average Bonchev–Trinajstić information content (AvgIpc) is 2.47. The van der Waals surface area contributed by atoms with Gasteiger partial charge in [-0.3, -0.25) is 4.90 Å². The molecule has 0 atom stereocenters. The molecule has 0 aliphatic carbocycles. The highest BCUT2D eigenvalue weighted by Crippen LogP contribution is 2.07. The summed E-state index contributed by atoms with van der Waals surface area (Å²) in [6, 6.07) is 8.75. The smallest absolute Gasteiger partial charge is 0.365 e. The van der Waals surface area contributed by atoms with E-state index in [0.29, 0.717) is 17.9 Å². The summed E-state index contributed by atoms with van der Waals surface area (Å²) < 4.78 is 0. The van der Waals surface area contributed by atoms with Crippen LogP contribution in [0.2, 0.25) is 0 Å². The summed E-state index contributed by atoms with van der Waals surface area (Å²) in [5.74, 6) is -0.145. The molecule has 0 aromatic heterocycles. The highest BCUT2D eigenvalue weighted by molar-refractivity contribution is 5.90. The number of benzene rings is 1. The third kappa shape index (κ3) is 4.37. The van der Waals surface area contributed by atoms with Crippen LogP contribution in [0.25, 0.3) is 0 Å². The summed E-state index contributed by atoms with van der Waals surface area (Å²) in [5, 5.41) is 3.70. The molecule has 0 unspecified atom stereocenters. The van der Waals surface area contributed by atoms with Crippen LogP contribution < -0.4 is 5.73 Å². The van der Waals surface area contributed by atoms with Gasteiger partial charge in [0, 0.05) is 0 Å². The molecular weight excluding hydrogens is 242 g/mol. The maximum absolute atomic E-state index is 11.6. The minimum absolute atomic E-state index is 0.339. The lowest BCUT2D eigenvalue weighted by molar-refractivity contribution is 0.0513. The van der Waals surface area contributed by atoms with Crippen LogP contribution in [0, 0.1) is 0 Å². The quantitative estimate of drug-likeness (QED) is 0.387. The number of nitrogens with two attached hydrogens (primary N) is 1. The molecule has 0 amide bonds. The number of hydrogen-bond acceptors (Lipinski definition) is 4. The molecule has 2 N–H and O–H groups in total. The number of hydrogen-bond donors (Lipinski definition) is 1.